The number of hydrogen-bond acceptors (Lipinski definition) is 6. The predicted molar refractivity (Wildman–Crippen MR) is 93.0 cm³/mol. The number of guanidine groups is 1. The summed E-state index contributed by atoms with van der Waals surface area (Å²) in [5.41, 5.74) is 1.04. The van der Waals surface area contributed by atoms with Gasteiger partial charge in [0.25, 0.3) is 0 Å². The van der Waals surface area contributed by atoms with E-state index >= 15 is 0 Å². The normalized spacial score (nSPS) is 11.1. The Morgan fingerprint density at radius 3 is 2.71 bits per heavy atom. The molecular formula is C12H19IN6OS. The van der Waals surface area contributed by atoms with Crippen LogP contribution in [0.3, 0.4) is 0 Å². The van der Waals surface area contributed by atoms with E-state index in [9.17, 15) is 0 Å². The minimum Gasteiger partial charge on any atom is -0.357 e. The molecule has 0 aliphatic rings. The van der Waals surface area contributed by atoms with Gasteiger partial charge in [-0.3, -0.25) is 0 Å². The molecular weight excluding hydrogens is 403 g/mol. The molecule has 0 bridgehead atoms. The number of aryl methyl sites for hydroxylation is 2. The molecule has 0 unspecified atom stereocenters. The van der Waals surface area contributed by atoms with Crippen molar-refractivity contribution in [1.82, 2.24) is 25.8 Å². The lowest BCUT2D eigenvalue weighted by Crippen LogP contribution is -2.36. The fraction of sp³-hybridized carbons (Fsp3) is 0.500. The predicted octanol–water partition coefficient (Wildman–Crippen LogP) is 2.02. The zero-order valence-corrected chi connectivity index (χ0v) is 15.4. The second kappa shape index (κ2) is 8.93. The first kappa shape index (κ1) is 17.8. The van der Waals surface area contributed by atoms with Gasteiger partial charge in [-0.25, -0.2) is 9.98 Å². The van der Waals surface area contributed by atoms with Gasteiger partial charge in [-0.1, -0.05) is 5.16 Å². The van der Waals surface area contributed by atoms with Gasteiger partial charge in [0.15, 0.2) is 11.8 Å². The highest BCUT2D eigenvalue weighted by atomic mass is 127. The summed E-state index contributed by atoms with van der Waals surface area (Å²) >= 11 is 1.63. The van der Waals surface area contributed by atoms with E-state index < -0.39 is 0 Å². The third kappa shape index (κ3) is 5.96. The molecule has 7 nitrogen and oxygen atoms in total. The molecule has 2 aromatic rings. The summed E-state index contributed by atoms with van der Waals surface area (Å²) in [7, 11) is 0. The van der Waals surface area contributed by atoms with Crippen LogP contribution in [0.1, 0.15) is 29.3 Å². The molecule has 0 aliphatic heterocycles. The molecule has 0 aliphatic carbocycles. The van der Waals surface area contributed by atoms with Gasteiger partial charge in [-0.05, 0) is 20.8 Å². The first-order valence-corrected chi connectivity index (χ1v) is 7.27. The van der Waals surface area contributed by atoms with Crippen LogP contribution in [0, 0.1) is 13.8 Å². The second-order valence-electron chi connectivity index (χ2n) is 4.17. The van der Waals surface area contributed by atoms with Gasteiger partial charge in [0.1, 0.15) is 11.6 Å². The van der Waals surface area contributed by atoms with Crippen LogP contribution in [-0.2, 0) is 13.1 Å². The fourth-order valence-corrected chi connectivity index (χ4v) is 2.25. The van der Waals surface area contributed by atoms with Crippen molar-refractivity contribution in [1.29, 1.82) is 0 Å². The van der Waals surface area contributed by atoms with Gasteiger partial charge in [0.2, 0.25) is 5.89 Å². The average Bonchev–Trinajstić information content (AvgIpc) is 3.02. The van der Waals surface area contributed by atoms with Crippen LogP contribution in [-0.4, -0.2) is 27.6 Å². The van der Waals surface area contributed by atoms with Gasteiger partial charge in [0.05, 0.1) is 6.54 Å². The topological polar surface area (TPSA) is 88.2 Å². The van der Waals surface area contributed by atoms with Crippen LogP contribution < -0.4 is 10.6 Å². The van der Waals surface area contributed by atoms with Crippen LogP contribution in [0.25, 0.3) is 0 Å². The largest absolute Gasteiger partial charge is 0.357 e. The Bertz CT molecular complexity index is 582. The molecule has 2 heterocycles. The van der Waals surface area contributed by atoms with E-state index in [4.69, 9.17) is 4.52 Å². The van der Waals surface area contributed by atoms with Crippen LogP contribution in [0.4, 0.5) is 0 Å². The van der Waals surface area contributed by atoms with E-state index in [0.717, 1.165) is 17.2 Å². The summed E-state index contributed by atoms with van der Waals surface area (Å²) < 4.78 is 5.02. The van der Waals surface area contributed by atoms with E-state index in [-0.39, 0.29) is 24.0 Å². The summed E-state index contributed by atoms with van der Waals surface area (Å²) in [6.07, 6.45) is 0. The van der Waals surface area contributed by atoms with Crippen molar-refractivity contribution >= 4 is 41.3 Å². The van der Waals surface area contributed by atoms with Crippen LogP contribution in [0.15, 0.2) is 14.9 Å². The summed E-state index contributed by atoms with van der Waals surface area (Å²) in [5.74, 6) is 1.83. The molecule has 2 N–H and O–H groups in total. The molecule has 116 valence electrons. The van der Waals surface area contributed by atoms with Crippen molar-refractivity contribution in [2.45, 2.75) is 33.9 Å². The third-order valence-electron chi connectivity index (χ3n) is 2.36. The highest BCUT2D eigenvalue weighted by Gasteiger charge is 2.04. The summed E-state index contributed by atoms with van der Waals surface area (Å²) in [6.45, 7) is 7.57. The average molecular weight is 422 g/mol. The van der Waals surface area contributed by atoms with E-state index in [1.807, 2.05) is 19.2 Å². The highest BCUT2D eigenvalue weighted by molar-refractivity contribution is 14.0. The highest BCUT2D eigenvalue weighted by Crippen LogP contribution is 2.07. The Morgan fingerprint density at radius 2 is 2.14 bits per heavy atom. The summed E-state index contributed by atoms with van der Waals surface area (Å²) in [4.78, 5) is 12.9. The molecule has 0 amide bonds. The third-order valence-corrected chi connectivity index (χ3v) is 3.33. The van der Waals surface area contributed by atoms with Gasteiger partial charge in [0, 0.05) is 17.6 Å². The zero-order valence-electron chi connectivity index (χ0n) is 12.2. The van der Waals surface area contributed by atoms with Crippen molar-refractivity contribution in [2.75, 3.05) is 6.54 Å². The molecule has 0 radical (unpaired) electrons. The first-order valence-electron chi connectivity index (χ1n) is 6.39. The SMILES string of the molecule is CCNC(=NCc1nc(C)no1)NCc1nc(C)cs1.I. The number of rotatable bonds is 5. The van der Waals surface area contributed by atoms with E-state index in [1.165, 1.54) is 0 Å². The number of aromatic nitrogens is 3. The maximum atomic E-state index is 5.02. The fourth-order valence-electron chi connectivity index (χ4n) is 1.54. The van der Waals surface area contributed by atoms with E-state index in [2.05, 4.69) is 30.8 Å². The number of aliphatic imine (C=N–C) groups is 1. The minimum absolute atomic E-state index is 0. The molecule has 0 fully saturated rings. The molecule has 0 aromatic carbocycles. The maximum absolute atomic E-state index is 5.02. The number of nitrogens with zero attached hydrogens (tertiary/aromatic N) is 4. The molecule has 9 heteroatoms. The first-order chi connectivity index (χ1) is 9.67. The lowest BCUT2D eigenvalue weighted by Gasteiger charge is -2.09. The zero-order chi connectivity index (χ0) is 14.4. The molecule has 21 heavy (non-hydrogen) atoms. The standard InChI is InChI=1S/C12H18N6OS.HI/c1-4-13-12(14-5-10-17-9(3)18-19-10)15-6-11-16-8(2)7-20-11;/h7H,4-6H2,1-3H3,(H2,13,14,15);1H. The van der Waals surface area contributed by atoms with Crippen molar-refractivity contribution in [3.05, 3.63) is 27.8 Å². The quantitative estimate of drug-likeness (QED) is 0.436. The van der Waals surface area contributed by atoms with Crippen molar-refractivity contribution < 1.29 is 4.52 Å². The Morgan fingerprint density at radius 1 is 1.33 bits per heavy atom. The number of halogens is 1. The lowest BCUT2D eigenvalue weighted by molar-refractivity contribution is 0.376. The minimum atomic E-state index is 0. The molecule has 0 spiro atoms. The Hall–Kier alpha value is -1.23. The van der Waals surface area contributed by atoms with E-state index in [1.54, 1.807) is 18.3 Å². The second-order valence-corrected chi connectivity index (χ2v) is 5.11. The van der Waals surface area contributed by atoms with Gasteiger partial charge < -0.3 is 15.2 Å². The van der Waals surface area contributed by atoms with Crippen molar-refractivity contribution in [2.24, 2.45) is 4.99 Å². The Kier molecular flexibility index (Phi) is 7.57. The van der Waals surface area contributed by atoms with Crippen molar-refractivity contribution in [3.8, 4) is 0 Å². The molecule has 0 atom stereocenters. The van der Waals surface area contributed by atoms with Crippen LogP contribution in [0.2, 0.25) is 0 Å². The smallest absolute Gasteiger partial charge is 0.248 e. The van der Waals surface area contributed by atoms with Crippen LogP contribution in [0.5, 0.6) is 0 Å². The van der Waals surface area contributed by atoms with E-state index in [0.29, 0.717) is 30.8 Å². The summed E-state index contributed by atoms with van der Waals surface area (Å²) in [5, 5.41) is 13.2. The Labute approximate surface area is 144 Å². The van der Waals surface area contributed by atoms with Gasteiger partial charge >= 0.3 is 0 Å². The number of nitrogens with one attached hydrogen (secondary N) is 2. The maximum Gasteiger partial charge on any atom is 0.248 e. The number of hydrogen-bond donors (Lipinski definition) is 2. The lowest BCUT2D eigenvalue weighted by atomic mass is 10.5. The molecule has 2 aromatic heterocycles. The summed E-state index contributed by atoms with van der Waals surface area (Å²) in [6, 6.07) is 0. The van der Waals surface area contributed by atoms with Gasteiger partial charge in [-0.15, -0.1) is 35.3 Å². The monoisotopic (exact) mass is 422 g/mol. The van der Waals surface area contributed by atoms with Gasteiger partial charge in [-0.2, -0.15) is 4.98 Å². The molecule has 2 rings (SSSR count). The molecule has 0 saturated carbocycles. The van der Waals surface area contributed by atoms with Crippen LogP contribution >= 0.6 is 35.3 Å². The Balaban J connectivity index is 0.00000220. The molecule has 0 saturated heterocycles. The number of thiazole rings is 1. The van der Waals surface area contributed by atoms with Crippen molar-refractivity contribution in [3.63, 3.8) is 0 Å².